The summed E-state index contributed by atoms with van der Waals surface area (Å²) < 4.78 is 10.7. The van der Waals surface area contributed by atoms with Crippen LogP contribution in [0.4, 0.5) is 0 Å². The van der Waals surface area contributed by atoms with Gasteiger partial charge >= 0.3 is 11.9 Å². The zero-order chi connectivity index (χ0) is 26.7. The number of hydrogen-bond acceptors (Lipinski definition) is 6. The highest BCUT2D eigenvalue weighted by Crippen LogP contribution is 2.28. The van der Waals surface area contributed by atoms with Crippen molar-refractivity contribution in [2.24, 2.45) is 5.92 Å². The van der Waals surface area contributed by atoms with Crippen LogP contribution in [0, 0.1) is 5.92 Å². The number of hydrogen-bond donors (Lipinski definition) is 2. The largest absolute Gasteiger partial charge is 0.493 e. The molecule has 3 rings (SSSR count). The Bertz CT molecular complexity index is 1010. The summed E-state index contributed by atoms with van der Waals surface area (Å²) in [6, 6.07) is 13.9. The molecule has 1 saturated heterocycles. The van der Waals surface area contributed by atoms with Gasteiger partial charge in [0.15, 0.2) is 11.5 Å². The number of rotatable bonds is 8. The van der Waals surface area contributed by atoms with Gasteiger partial charge in [0.25, 0.3) is 0 Å². The summed E-state index contributed by atoms with van der Waals surface area (Å²) in [5, 5.41) is 15.5. The van der Waals surface area contributed by atoms with Gasteiger partial charge in [0, 0.05) is 31.1 Å². The third-order valence-corrected chi connectivity index (χ3v) is 6.25. The van der Waals surface area contributed by atoms with Gasteiger partial charge in [0.05, 0.1) is 14.2 Å². The minimum Gasteiger partial charge on any atom is -0.493 e. The molecule has 36 heavy (non-hydrogen) atoms. The number of benzene rings is 2. The topological polar surface area (TPSA) is 117 Å². The number of halogens is 1. The number of nitrogens with zero attached hydrogens (tertiary/aromatic N) is 2. The molecule has 196 valence electrons. The van der Waals surface area contributed by atoms with Crippen LogP contribution < -0.4 is 9.47 Å². The summed E-state index contributed by atoms with van der Waals surface area (Å²) in [6.45, 7) is 3.50. The number of ether oxygens (including phenoxy) is 2. The van der Waals surface area contributed by atoms with E-state index in [0.29, 0.717) is 6.54 Å². The summed E-state index contributed by atoms with van der Waals surface area (Å²) in [5.74, 6) is -1.85. The van der Waals surface area contributed by atoms with Gasteiger partial charge in [-0.25, -0.2) is 9.59 Å². The van der Waals surface area contributed by atoms with Gasteiger partial charge in [-0.05, 0) is 67.7 Å². The standard InChI is InChI=1S/C24H31ClN2O3.C2H2O4/c1-26(13-10-18-6-9-22(29-2)23(16-18)30-3)24(28)20-11-14-27(15-12-20)17-19-4-7-21(25)8-5-19;3-1(4)2(5)6/h4-9,16,20H,10-15,17H2,1-3H3;(H,3,4)(H,5,6). The molecular weight excluding hydrogens is 488 g/mol. The fraction of sp³-hybridized carbons (Fsp3) is 0.423. The van der Waals surface area contributed by atoms with Crippen LogP contribution in [0.5, 0.6) is 11.5 Å². The van der Waals surface area contributed by atoms with Gasteiger partial charge in [0.1, 0.15) is 0 Å². The second-order valence-electron chi connectivity index (χ2n) is 8.49. The Hall–Kier alpha value is -3.30. The molecule has 1 fully saturated rings. The maximum absolute atomic E-state index is 12.9. The minimum atomic E-state index is -1.82. The molecule has 0 atom stereocenters. The Balaban J connectivity index is 0.000000678. The highest BCUT2D eigenvalue weighted by atomic mass is 35.5. The van der Waals surface area contributed by atoms with E-state index in [-0.39, 0.29) is 11.8 Å². The maximum Gasteiger partial charge on any atom is 0.414 e. The average Bonchev–Trinajstić information content (AvgIpc) is 2.88. The molecule has 1 amide bonds. The molecule has 0 aliphatic carbocycles. The lowest BCUT2D eigenvalue weighted by Crippen LogP contribution is -2.41. The molecule has 10 heteroatoms. The third-order valence-electron chi connectivity index (χ3n) is 6.00. The van der Waals surface area contributed by atoms with E-state index in [9.17, 15) is 4.79 Å². The molecule has 0 radical (unpaired) electrons. The van der Waals surface area contributed by atoms with E-state index >= 15 is 0 Å². The molecular formula is C26H33ClN2O7. The van der Waals surface area contributed by atoms with Crippen LogP contribution in [-0.4, -0.2) is 78.8 Å². The number of carboxylic acid groups (broad SMARTS) is 2. The monoisotopic (exact) mass is 520 g/mol. The molecule has 2 N–H and O–H groups in total. The van der Waals surface area contributed by atoms with E-state index in [4.69, 9.17) is 40.9 Å². The Morgan fingerprint density at radius 3 is 2.03 bits per heavy atom. The van der Waals surface area contributed by atoms with Crippen molar-refractivity contribution in [3.63, 3.8) is 0 Å². The number of piperidine rings is 1. The highest BCUT2D eigenvalue weighted by molar-refractivity contribution is 6.30. The molecule has 1 heterocycles. The predicted molar refractivity (Wildman–Crippen MR) is 136 cm³/mol. The van der Waals surface area contributed by atoms with Crippen molar-refractivity contribution < 1.29 is 34.1 Å². The Morgan fingerprint density at radius 2 is 1.50 bits per heavy atom. The van der Waals surface area contributed by atoms with Crippen LogP contribution in [0.1, 0.15) is 24.0 Å². The van der Waals surface area contributed by atoms with Crippen LogP contribution >= 0.6 is 11.6 Å². The smallest absolute Gasteiger partial charge is 0.414 e. The lowest BCUT2D eigenvalue weighted by molar-refractivity contribution is -0.159. The summed E-state index contributed by atoms with van der Waals surface area (Å²) in [6.07, 6.45) is 2.61. The number of methoxy groups -OCH3 is 2. The molecule has 9 nitrogen and oxygen atoms in total. The number of amides is 1. The van der Waals surface area contributed by atoms with Crippen LogP contribution in [0.2, 0.25) is 5.02 Å². The summed E-state index contributed by atoms with van der Waals surface area (Å²) in [7, 11) is 5.17. The van der Waals surface area contributed by atoms with Crippen LogP contribution in [-0.2, 0) is 27.3 Å². The highest BCUT2D eigenvalue weighted by Gasteiger charge is 2.27. The number of likely N-dealkylation sites (tertiary alicyclic amines) is 1. The first kappa shape index (κ1) is 28.9. The van der Waals surface area contributed by atoms with Gasteiger partial charge in [-0.1, -0.05) is 29.8 Å². The van der Waals surface area contributed by atoms with E-state index in [2.05, 4.69) is 17.0 Å². The van der Waals surface area contributed by atoms with E-state index in [1.54, 1.807) is 14.2 Å². The number of carboxylic acids is 2. The third kappa shape index (κ3) is 9.05. The summed E-state index contributed by atoms with van der Waals surface area (Å²) >= 11 is 5.96. The number of likely N-dealkylation sites (N-methyl/N-ethyl adjacent to an activating group) is 1. The van der Waals surface area contributed by atoms with Crippen molar-refractivity contribution in [3.8, 4) is 11.5 Å². The van der Waals surface area contributed by atoms with Gasteiger partial charge in [0.2, 0.25) is 5.91 Å². The molecule has 0 saturated carbocycles. The normalized spacial score (nSPS) is 13.8. The fourth-order valence-corrected chi connectivity index (χ4v) is 4.07. The molecule has 1 aliphatic heterocycles. The van der Waals surface area contributed by atoms with Crippen LogP contribution in [0.15, 0.2) is 42.5 Å². The second kappa shape index (κ2) is 14.3. The SMILES string of the molecule is COc1ccc(CCN(C)C(=O)C2CCN(Cc3ccc(Cl)cc3)CC2)cc1OC.O=C(O)C(=O)O. The van der Waals surface area contributed by atoms with Crippen molar-refractivity contribution in [1.82, 2.24) is 9.80 Å². The predicted octanol–water partition coefficient (Wildman–Crippen LogP) is 3.43. The quantitative estimate of drug-likeness (QED) is 0.508. The maximum atomic E-state index is 12.9. The lowest BCUT2D eigenvalue weighted by Gasteiger charge is -2.33. The van der Waals surface area contributed by atoms with Gasteiger partial charge in [-0.2, -0.15) is 0 Å². The van der Waals surface area contributed by atoms with Gasteiger partial charge in [-0.3, -0.25) is 9.69 Å². The molecule has 0 aromatic heterocycles. The van der Waals surface area contributed by atoms with E-state index < -0.39 is 11.9 Å². The fourth-order valence-electron chi connectivity index (χ4n) is 3.94. The zero-order valence-electron chi connectivity index (χ0n) is 20.8. The van der Waals surface area contributed by atoms with Crippen molar-refractivity contribution in [2.45, 2.75) is 25.8 Å². The first-order valence-corrected chi connectivity index (χ1v) is 11.9. The Labute approximate surface area is 216 Å². The molecule has 2 aromatic carbocycles. The van der Waals surface area contributed by atoms with Gasteiger partial charge < -0.3 is 24.6 Å². The van der Waals surface area contributed by atoms with E-state index in [1.807, 2.05) is 42.3 Å². The lowest BCUT2D eigenvalue weighted by atomic mass is 9.95. The number of carbonyl (C=O) groups excluding carboxylic acids is 1. The van der Waals surface area contributed by atoms with Crippen molar-refractivity contribution in [3.05, 3.63) is 58.6 Å². The number of aliphatic carboxylic acids is 2. The first-order chi connectivity index (χ1) is 17.1. The average molecular weight is 521 g/mol. The first-order valence-electron chi connectivity index (χ1n) is 11.5. The Morgan fingerprint density at radius 1 is 0.944 bits per heavy atom. The van der Waals surface area contributed by atoms with Crippen molar-refractivity contribution >= 4 is 29.4 Å². The summed E-state index contributed by atoms with van der Waals surface area (Å²) in [5.41, 5.74) is 2.39. The molecule has 1 aliphatic rings. The molecule has 0 unspecified atom stereocenters. The number of carbonyl (C=O) groups is 3. The molecule has 0 spiro atoms. The zero-order valence-corrected chi connectivity index (χ0v) is 21.5. The molecule has 2 aromatic rings. The van der Waals surface area contributed by atoms with Crippen molar-refractivity contribution in [2.75, 3.05) is 40.9 Å². The van der Waals surface area contributed by atoms with Crippen LogP contribution in [0.25, 0.3) is 0 Å². The van der Waals surface area contributed by atoms with E-state index in [0.717, 1.165) is 61.0 Å². The Kier molecular flexibility index (Phi) is 11.5. The summed E-state index contributed by atoms with van der Waals surface area (Å²) in [4.78, 5) is 35.4. The van der Waals surface area contributed by atoms with Crippen molar-refractivity contribution in [1.29, 1.82) is 0 Å². The second-order valence-corrected chi connectivity index (χ2v) is 8.92. The van der Waals surface area contributed by atoms with Gasteiger partial charge in [-0.15, -0.1) is 0 Å². The van der Waals surface area contributed by atoms with Crippen LogP contribution in [0.3, 0.4) is 0 Å². The minimum absolute atomic E-state index is 0.113. The van der Waals surface area contributed by atoms with E-state index in [1.165, 1.54) is 5.56 Å². The molecule has 0 bridgehead atoms.